The molecule has 0 saturated heterocycles. The van der Waals surface area contributed by atoms with Crippen LogP contribution in [0.15, 0.2) is 72.8 Å². The number of benzene rings is 3. The van der Waals surface area contributed by atoms with Crippen molar-refractivity contribution in [2.45, 2.75) is 12.6 Å². The molecule has 3 aromatic carbocycles. The Morgan fingerprint density at radius 2 is 1.65 bits per heavy atom. The number of aromatic nitrogens is 2. The Balaban J connectivity index is 1.66. The number of carbonyl (C=O) groups is 1. The van der Waals surface area contributed by atoms with Crippen molar-refractivity contribution in [2.75, 3.05) is 0 Å². The lowest BCUT2D eigenvalue weighted by molar-refractivity contribution is 0.0730. The maximum absolute atomic E-state index is 13.4. The van der Waals surface area contributed by atoms with Crippen LogP contribution in [0.25, 0.3) is 11.3 Å². The number of H-pyrrole nitrogens is 1. The summed E-state index contributed by atoms with van der Waals surface area (Å²) in [5.74, 6) is -0.109. The van der Waals surface area contributed by atoms with E-state index in [1.54, 1.807) is 6.07 Å². The molecule has 1 aromatic heterocycles. The first kappa shape index (κ1) is 20.1. The fourth-order valence-corrected chi connectivity index (χ4v) is 4.43. The highest BCUT2D eigenvalue weighted by atomic mass is 35.5. The molecule has 4 aromatic rings. The summed E-state index contributed by atoms with van der Waals surface area (Å²) < 4.78 is 0. The normalized spacial score (nSPS) is 15.4. The number of hydrogen-bond donors (Lipinski definition) is 1. The number of aromatic amines is 1. The second-order valence-corrected chi connectivity index (χ2v) is 8.61. The van der Waals surface area contributed by atoms with E-state index in [4.69, 9.17) is 34.8 Å². The standard InChI is InChI=1S/C24H16Cl3N3O/c25-17-9-6-15(7-10-17)21-20-22(29-28-21)24(31)30(13-14-4-2-1-3-5-14)23(20)16-8-11-18(26)19(27)12-16/h1-12,23H,13H2,(H,28,29). The van der Waals surface area contributed by atoms with Gasteiger partial charge in [-0.25, -0.2) is 0 Å². The minimum Gasteiger partial charge on any atom is -0.322 e. The number of halogens is 3. The number of amides is 1. The van der Waals surface area contributed by atoms with E-state index in [9.17, 15) is 4.79 Å². The molecule has 1 amide bonds. The summed E-state index contributed by atoms with van der Waals surface area (Å²) in [6.07, 6.45) is 0. The summed E-state index contributed by atoms with van der Waals surface area (Å²) in [5.41, 5.74) is 4.80. The largest absolute Gasteiger partial charge is 0.322 e. The molecule has 0 radical (unpaired) electrons. The third-order valence-corrected chi connectivity index (χ3v) is 6.43. The molecule has 1 N–H and O–H groups in total. The van der Waals surface area contributed by atoms with Crippen LogP contribution in [0, 0.1) is 0 Å². The Morgan fingerprint density at radius 3 is 2.35 bits per heavy atom. The third-order valence-electron chi connectivity index (χ3n) is 5.44. The van der Waals surface area contributed by atoms with Crippen LogP contribution < -0.4 is 0 Å². The average molecular weight is 469 g/mol. The molecule has 0 spiro atoms. The van der Waals surface area contributed by atoms with Crippen LogP contribution in [0.5, 0.6) is 0 Å². The topological polar surface area (TPSA) is 49.0 Å². The number of fused-ring (bicyclic) bond motifs is 1. The molecule has 1 aliphatic heterocycles. The lowest BCUT2D eigenvalue weighted by Gasteiger charge is -2.27. The van der Waals surface area contributed by atoms with E-state index in [-0.39, 0.29) is 11.9 Å². The zero-order valence-electron chi connectivity index (χ0n) is 16.1. The van der Waals surface area contributed by atoms with Crippen molar-refractivity contribution in [1.82, 2.24) is 15.1 Å². The zero-order chi connectivity index (χ0) is 21.5. The molecule has 0 saturated carbocycles. The van der Waals surface area contributed by atoms with Crippen molar-refractivity contribution in [3.8, 4) is 11.3 Å². The van der Waals surface area contributed by atoms with E-state index in [1.807, 2.05) is 71.6 Å². The second kappa shape index (κ2) is 8.04. The Hall–Kier alpha value is -2.79. The summed E-state index contributed by atoms with van der Waals surface area (Å²) in [7, 11) is 0. The zero-order valence-corrected chi connectivity index (χ0v) is 18.4. The molecule has 1 unspecified atom stereocenters. The lowest BCUT2D eigenvalue weighted by atomic mass is 9.96. The van der Waals surface area contributed by atoms with Gasteiger partial charge in [-0.05, 0) is 35.4 Å². The highest BCUT2D eigenvalue weighted by Crippen LogP contribution is 2.44. The van der Waals surface area contributed by atoms with E-state index in [0.717, 1.165) is 22.3 Å². The van der Waals surface area contributed by atoms with Crippen molar-refractivity contribution in [3.05, 3.63) is 110 Å². The van der Waals surface area contributed by atoms with Crippen LogP contribution >= 0.6 is 34.8 Å². The van der Waals surface area contributed by atoms with Crippen molar-refractivity contribution in [3.63, 3.8) is 0 Å². The predicted molar refractivity (Wildman–Crippen MR) is 124 cm³/mol. The van der Waals surface area contributed by atoms with Crippen molar-refractivity contribution < 1.29 is 4.79 Å². The molecule has 1 atom stereocenters. The number of rotatable bonds is 4. The molecule has 5 rings (SSSR count). The quantitative estimate of drug-likeness (QED) is 0.359. The van der Waals surface area contributed by atoms with Crippen LogP contribution in [-0.4, -0.2) is 21.0 Å². The molecule has 4 nitrogen and oxygen atoms in total. The summed E-state index contributed by atoms with van der Waals surface area (Å²) in [6, 6.07) is 22.4. The Kier molecular flexibility index (Phi) is 5.22. The molecule has 0 bridgehead atoms. The number of hydrogen-bond acceptors (Lipinski definition) is 2. The Labute approximate surface area is 194 Å². The van der Waals surface area contributed by atoms with Gasteiger partial charge < -0.3 is 4.90 Å². The SMILES string of the molecule is O=C1c2[nH]nc(-c3ccc(Cl)cc3)c2C(c2ccc(Cl)c(Cl)c2)N1Cc1ccccc1. The number of nitrogens with zero attached hydrogens (tertiary/aromatic N) is 2. The van der Waals surface area contributed by atoms with Gasteiger partial charge >= 0.3 is 0 Å². The maximum atomic E-state index is 13.4. The van der Waals surface area contributed by atoms with Crippen molar-refractivity contribution in [1.29, 1.82) is 0 Å². The number of nitrogens with one attached hydrogen (secondary N) is 1. The third kappa shape index (κ3) is 3.61. The molecule has 1 aliphatic rings. The predicted octanol–water partition coefficient (Wildman–Crippen LogP) is 6.78. The summed E-state index contributed by atoms with van der Waals surface area (Å²) in [6.45, 7) is 0.452. The summed E-state index contributed by atoms with van der Waals surface area (Å²) in [5, 5.41) is 8.97. The minimum atomic E-state index is -0.359. The molecule has 2 heterocycles. The first-order valence-electron chi connectivity index (χ1n) is 9.67. The van der Waals surface area contributed by atoms with Gasteiger partial charge in [-0.2, -0.15) is 5.10 Å². The maximum Gasteiger partial charge on any atom is 0.273 e. The van der Waals surface area contributed by atoms with Gasteiger partial charge in [0, 0.05) is 22.7 Å². The van der Waals surface area contributed by atoms with Crippen molar-refractivity contribution >= 4 is 40.7 Å². The van der Waals surface area contributed by atoms with Gasteiger partial charge in [0.2, 0.25) is 0 Å². The second-order valence-electron chi connectivity index (χ2n) is 7.36. The van der Waals surface area contributed by atoms with Crippen molar-refractivity contribution in [2.24, 2.45) is 0 Å². The molecule has 31 heavy (non-hydrogen) atoms. The highest BCUT2D eigenvalue weighted by molar-refractivity contribution is 6.42. The van der Waals surface area contributed by atoms with Gasteiger partial charge in [0.25, 0.3) is 5.91 Å². The molecular formula is C24H16Cl3N3O. The highest BCUT2D eigenvalue weighted by Gasteiger charge is 2.42. The molecule has 154 valence electrons. The fourth-order valence-electron chi connectivity index (χ4n) is 4.00. The van der Waals surface area contributed by atoms with E-state index in [1.165, 1.54) is 0 Å². The van der Waals surface area contributed by atoms with Crippen LogP contribution in [0.3, 0.4) is 0 Å². The van der Waals surface area contributed by atoms with Crippen LogP contribution in [0.2, 0.25) is 15.1 Å². The summed E-state index contributed by atoms with van der Waals surface area (Å²) >= 11 is 18.6. The van der Waals surface area contributed by atoms with E-state index in [2.05, 4.69) is 10.2 Å². The number of carbonyl (C=O) groups excluding carboxylic acids is 1. The van der Waals surface area contributed by atoms with Gasteiger partial charge in [0.05, 0.1) is 21.8 Å². The lowest BCUT2D eigenvalue weighted by Crippen LogP contribution is -2.29. The summed E-state index contributed by atoms with van der Waals surface area (Å²) in [4.78, 5) is 15.2. The van der Waals surface area contributed by atoms with Crippen LogP contribution in [0.4, 0.5) is 0 Å². The van der Waals surface area contributed by atoms with Gasteiger partial charge in [0.1, 0.15) is 5.69 Å². The first-order chi connectivity index (χ1) is 15.0. The van der Waals surface area contributed by atoms with Gasteiger partial charge in [-0.1, -0.05) is 83.3 Å². The van der Waals surface area contributed by atoms with Gasteiger partial charge in [0.15, 0.2) is 0 Å². The fraction of sp³-hybridized carbons (Fsp3) is 0.0833. The first-order valence-corrected chi connectivity index (χ1v) is 10.8. The monoisotopic (exact) mass is 467 g/mol. The van der Waals surface area contributed by atoms with Crippen LogP contribution in [0.1, 0.15) is 33.2 Å². The molecule has 0 aliphatic carbocycles. The minimum absolute atomic E-state index is 0.109. The molecular weight excluding hydrogens is 453 g/mol. The Morgan fingerprint density at radius 1 is 0.903 bits per heavy atom. The smallest absolute Gasteiger partial charge is 0.273 e. The molecule has 7 heteroatoms. The van der Waals surface area contributed by atoms with E-state index in [0.29, 0.717) is 33.0 Å². The van der Waals surface area contributed by atoms with E-state index < -0.39 is 0 Å². The Bertz CT molecular complexity index is 1270. The van der Waals surface area contributed by atoms with Gasteiger partial charge in [-0.3, -0.25) is 9.89 Å². The average Bonchev–Trinajstić information content (AvgIpc) is 3.31. The van der Waals surface area contributed by atoms with E-state index >= 15 is 0 Å². The molecule has 0 fully saturated rings. The van der Waals surface area contributed by atoms with Crippen LogP contribution in [-0.2, 0) is 6.54 Å². The van der Waals surface area contributed by atoms with Gasteiger partial charge in [-0.15, -0.1) is 0 Å².